The van der Waals surface area contributed by atoms with Crippen molar-refractivity contribution in [2.75, 3.05) is 7.05 Å². The summed E-state index contributed by atoms with van der Waals surface area (Å²) in [7, 11) is 2.03. The van der Waals surface area contributed by atoms with E-state index in [0.717, 1.165) is 6.54 Å². The average molecular weight is 283 g/mol. The summed E-state index contributed by atoms with van der Waals surface area (Å²) < 4.78 is 4.97. The Morgan fingerprint density at radius 2 is 2.11 bits per heavy atom. The lowest BCUT2D eigenvalue weighted by Crippen LogP contribution is -2.18. The summed E-state index contributed by atoms with van der Waals surface area (Å²) in [5.41, 5.74) is 7.97. The maximum atomic E-state index is 5.42. The minimum atomic E-state index is 0. The van der Waals surface area contributed by atoms with Crippen LogP contribution >= 0.6 is 12.4 Å². The Balaban J connectivity index is 0.00000180. The number of rotatable bonds is 5. The van der Waals surface area contributed by atoms with Crippen molar-refractivity contribution < 1.29 is 4.52 Å². The highest BCUT2D eigenvalue weighted by atomic mass is 35.5. The molecule has 0 aliphatic carbocycles. The van der Waals surface area contributed by atoms with Crippen LogP contribution in [-0.2, 0) is 19.6 Å². The number of hydrogen-bond donors (Lipinski definition) is 1. The van der Waals surface area contributed by atoms with Crippen LogP contribution in [0.25, 0.3) is 0 Å². The molecular weight excluding hydrogens is 264 g/mol. The van der Waals surface area contributed by atoms with Crippen LogP contribution in [0.1, 0.15) is 22.8 Å². The molecule has 0 aliphatic heterocycles. The molecule has 0 unspecified atom stereocenters. The highest BCUT2D eigenvalue weighted by Crippen LogP contribution is 2.08. The number of hydrogen-bond acceptors (Lipinski definition) is 5. The number of halogens is 1. The van der Waals surface area contributed by atoms with E-state index in [1.54, 1.807) is 0 Å². The average Bonchev–Trinajstić information content (AvgIpc) is 2.76. The third-order valence-corrected chi connectivity index (χ3v) is 2.63. The maximum Gasteiger partial charge on any atom is 0.240 e. The zero-order valence-electron chi connectivity index (χ0n) is 11.2. The molecule has 2 aromatic rings. The lowest BCUT2D eigenvalue weighted by molar-refractivity contribution is 0.299. The molecule has 104 valence electrons. The van der Waals surface area contributed by atoms with E-state index in [1.807, 2.05) is 7.05 Å². The molecule has 1 heterocycles. The standard InChI is InChI=1S/C13H18N4O.ClH/c1-10-4-3-5-11(6-10)8-17(2)9-12-15-13(7-14)18-16-12;/h3-6H,7-9,14H2,1-2H3;1H. The third kappa shape index (κ3) is 4.63. The van der Waals surface area contributed by atoms with E-state index >= 15 is 0 Å². The van der Waals surface area contributed by atoms with Crippen LogP contribution < -0.4 is 5.73 Å². The fraction of sp³-hybridized carbons (Fsp3) is 0.385. The second-order valence-electron chi connectivity index (χ2n) is 4.47. The summed E-state index contributed by atoms with van der Waals surface area (Å²) in [6.45, 7) is 3.89. The van der Waals surface area contributed by atoms with Gasteiger partial charge in [-0.2, -0.15) is 4.98 Å². The van der Waals surface area contributed by atoms with Gasteiger partial charge in [0, 0.05) is 6.54 Å². The summed E-state index contributed by atoms with van der Waals surface area (Å²) in [6.07, 6.45) is 0. The predicted octanol–water partition coefficient (Wildman–Crippen LogP) is 1.89. The first-order chi connectivity index (χ1) is 8.67. The van der Waals surface area contributed by atoms with Crippen LogP contribution in [-0.4, -0.2) is 22.1 Å². The smallest absolute Gasteiger partial charge is 0.240 e. The van der Waals surface area contributed by atoms with E-state index in [2.05, 4.69) is 46.2 Å². The molecule has 0 saturated heterocycles. The largest absolute Gasteiger partial charge is 0.338 e. The van der Waals surface area contributed by atoms with Crippen molar-refractivity contribution in [2.24, 2.45) is 5.73 Å². The minimum Gasteiger partial charge on any atom is -0.338 e. The molecule has 0 bridgehead atoms. The van der Waals surface area contributed by atoms with Crippen LogP contribution in [0.3, 0.4) is 0 Å². The Bertz CT molecular complexity index is 515. The van der Waals surface area contributed by atoms with Gasteiger partial charge >= 0.3 is 0 Å². The molecule has 1 aromatic carbocycles. The van der Waals surface area contributed by atoms with Gasteiger partial charge < -0.3 is 10.3 Å². The Morgan fingerprint density at radius 3 is 2.74 bits per heavy atom. The molecule has 0 radical (unpaired) electrons. The van der Waals surface area contributed by atoms with Crippen molar-refractivity contribution in [1.29, 1.82) is 0 Å². The zero-order valence-corrected chi connectivity index (χ0v) is 12.0. The topological polar surface area (TPSA) is 68.2 Å². The van der Waals surface area contributed by atoms with Gasteiger partial charge in [-0.3, -0.25) is 4.90 Å². The van der Waals surface area contributed by atoms with Gasteiger partial charge in [0.15, 0.2) is 5.82 Å². The van der Waals surface area contributed by atoms with Crippen molar-refractivity contribution >= 4 is 12.4 Å². The molecule has 0 spiro atoms. The van der Waals surface area contributed by atoms with Gasteiger partial charge in [-0.15, -0.1) is 12.4 Å². The van der Waals surface area contributed by atoms with Gasteiger partial charge in [-0.05, 0) is 19.5 Å². The van der Waals surface area contributed by atoms with Crippen molar-refractivity contribution in [2.45, 2.75) is 26.6 Å². The van der Waals surface area contributed by atoms with Crippen LogP contribution in [0.2, 0.25) is 0 Å². The van der Waals surface area contributed by atoms with Gasteiger partial charge in [0.2, 0.25) is 5.89 Å². The van der Waals surface area contributed by atoms with Gasteiger partial charge in [0.05, 0.1) is 13.1 Å². The van der Waals surface area contributed by atoms with E-state index in [9.17, 15) is 0 Å². The zero-order chi connectivity index (χ0) is 13.0. The van der Waals surface area contributed by atoms with Crippen molar-refractivity contribution in [3.63, 3.8) is 0 Å². The maximum absolute atomic E-state index is 5.42. The predicted molar refractivity (Wildman–Crippen MR) is 75.8 cm³/mol. The fourth-order valence-electron chi connectivity index (χ4n) is 1.86. The minimum absolute atomic E-state index is 0. The monoisotopic (exact) mass is 282 g/mol. The molecule has 0 saturated carbocycles. The van der Waals surface area contributed by atoms with Gasteiger partial charge in [-0.1, -0.05) is 35.0 Å². The second kappa shape index (κ2) is 7.23. The first-order valence-corrected chi connectivity index (χ1v) is 5.93. The first-order valence-electron chi connectivity index (χ1n) is 5.93. The van der Waals surface area contributed by atoms with Crippen LogP contribution in [0, 0.1) is 6.92 Å². The summed E-state index contributed by atoms with van der Waals surface area (Å²) in [5, 5.41) is 3.88. The highest BCUT2D eigenvalue weighted by Gasteiger charge is 2.08. The van der Waals surface area contributed by atoms with Crippen LogP contribution in [0.15, 0.2) is 28.8 Å². The molecule has 19 heavy (non-hydrogen) atoms. The molecular formula is C13H19ClN4O. The Kier molecular flexibility index (Phi) is 5.95. The molecule has 2 rings (SSSR count). The molecule has 0 amide bonds. The van der Waals surface area contributed by atoms with Crippen LogP contribution in [0.5, 0.6) is 0 Å². The SMILES string of the molecule is Cc1cccc(CN(C)Cc2noc(CN)n2)c1.Cl. The van der Waals surface area contributed by atoms with Crippen LogP contribution in [0.4, 0.5) is 0 Å². The van der Waals surface area contributed by atoms with Gasteiger partial charge in [-0.25, -0.2) is 0 Å². The number of aryl methyl sites for hydroxylation is 1. The van der Waals surface area contributed by atoms with Crippen molar-refractivity contribution in [3.05, 3.63) is 47.1 Å². The fourth-order valence-corrected chi connectivity index (χ4v) is 1.86. The first kappa shape index (κ1) is 15.6. The number of benzene rings is 1. The number of aromatic nitrogens is 2. The number of nitrogens with two attached hydrogens (primary N) is 1. The molecule has 1 aromatic heterocycles. The molecule has 0 aliphatic rings. The lowest BCUT2D eigenvalue weighted by Gasteiger charge is -2.14. The van der Waals surface area contributed by atoms with E-state index in [4.69, 9.17) is 10.3 Å². The highest BCUT2D eigenvalue weighted by molar-refractivity contribution is 5.85. The lowest BCUT2D eigenvalue weighted by atomic mass is 10.1. The normalized spacial score (nSPS) is 10.5. The Morgan fingerprint density at radius 1 is 1.32 bits per heavy atom. The molecule has 5 nitrogen and oxygen atoms in total. The summed E-state index contributed by atoms with van der Waals surface area (Å²) in [4.78, 5) is 6.32. The quantitative estimate of drug-likeness (QED) is 0.907. The summed E-state index contributed by atoms with van der Waals surface area (Å²) in [6, 6.07) is 8.46. The van der Waals surface area contributed by atoms with E-state index in [-0.39, 0.29) is 19.0 Å². The van der Waals surface area contributed by atoms with E-state index in [0.29, 0.717) is 18.3 Å². The Labute approximate surface area is 119 Å². The summed E-state index contributed by atoms with van der Waals surface area (Å²) >= 11 is 0. The third-order valence-electron chi connectivity index (χ3n) is 2.63. The van der Waals surface area contributed by atoms with E-state index < -0.39 is 0 Å². The molecule has 2 N–H and O–H groups in total. The second-order valence-corrected chi connectivity index (χ2v) is 4.47. The van der Waals surface area contributed by atoms with E-state index in [1.165, 1.54) is 11.1 Å². The van der Waals surface area contributed by atoms with Gasteiger partial charge in [0.1, 0.15) is 0 Å². The summed E-state index contributed by atoms with van der Waals surface area (Å²) in [5.74, 6) is 1.15. The number of nitrogens with zero attached hydrogens (tertiary/aromatic N) is 3. The molecule has 6 heteroatoms. The molecule has 0 atom stereocenters. The molecule has 0 fully saturated rings. The van der Waals surface area contributed by atoms with Gasteiger partial charge in [0.25, 0.3) is 0 Å². The van der Waals surface area contributed by atoms with Crippen molar-refractivity contribution in [3.8, 4) is 0 Å². The Hall–Kier alpha value is -1.43. The van der Waals surface area contributed by atoms with Crippen molar-refractivity contribution in [1.82, 2.24) is 15.0 Å².